The minimum Gasteiger partial charge on any atom is -0.368 e. The molecule has 1 atom stereocenters. The molecule has 1 aromatic rings. The van der Waals surface area contributed by atoms with Gasteiger partial charge in [-0.2, -0.15) is 0 Å². The van der Waals surface area contributed by atoms with Crippen molar-refractivity contribution in [3.8, 4) is 0 Å². The summed E-state index contributed by atoms with van der Waals surface area (Å²) >= 11 is 0. The number of carbonyl (C=O) groups excluding carboxylic acids is 2. The molecule has 0 aliphatic rings. The summed E-state index contributed by atoms with van der Waals surface area (Å²) in [6.07, 6.45) is -0.932. The van der Waals surface area contributed by atoms with E-state index in [9.17, 15) is 9.59 Å². The molecule has 5 heteroatoms. The Balaban J connectivity index is 2.75. The van der Waals surface area contributed by atoms with Crippen LogP contribution < -0.4 is 11.5 Å². The Hall–Kier alpha value is -1.88. The predicted octanol–water partition coefficient (Wildman–Crippen LogP) is -0.285. The number of hydrogen-bond acceptors (Lipinski definition) is 3. The molecule has 4 N–H and O–H groups in total. The third-order valence-corrected chi connectivity index (χ3v) is 1.75. The van der Waals surface area contributed by atoms with E-state index in [0.717, 1.165) is 0 Å². The Bertz CT molecular complexity index is 351. The van der Waals surface area contributed by atoms with Crippen LogP contribution in [0.3, 0.4) is 0 Å². The van der Waals surface area contributed by atoms with Gasteiger partial charge in [-0.1, -0.05) is 30.3 Å². The van der Waals surface area contributed by atoms with Gasteiger partial charge in [-0.05, 0) is 5.56 Å². The highest BCUT2D eigenvalue weighted by atomic mass is 16.5. The topological polar surface area (TPSA) is 95.4 Å². The Labute approximate surface area is 87.0 Å². The molecule has 0 saturated heterocycles. The van der Waals surface area contributed by atoms with Crippen molar-refractivity contribution in [3.63, 3.8) is 0 Å². The molecule has 5 nitrogen and oxygen atoms in total. The van der Waals surface area contributed by atoms with Crippen LogP contribution in [0.25, 0.3) is 0 Å². The first-order chi connectivity index (χ1) is 7.11. The van der Waals surface area contributed by atoms with Gasteiger partial charge in [-0.15, -0.1) is 0 Å². The molecule has 0 saturated carbocycles. The van der Waals surface area contributed by atoms with Crippen LogP contribution in [0.15, 0.2) is 30.3 Å². The van der Waals surface area contributed by atoms with E-state index in [4.69, 9.17) is 16.2 Å². The maximum Gasteiger partial charge on any atom is 0.251 e. The molecule has 0 unspecified atom stereocenters. The van der Waals surface area contributed by atoms with Crippen LogP contribution in [-0.2, 0) is 14.3 Å². The predicted molar refractivity (Wildman–Crippen MR) is 53.5 cm³/mol. The van der Waals surface area contributed by atoms with E-state index in [2.05, 4.69) is 0 Å². The van der Waals surface area contributed by atoms with Crippen molar-refractivity contribution in [2.45, 2.75) is 6.10 Å². The third-order valence-electron chi connectivity index (χ3n) is 1.75. The van der Waals surface area contributed by atoms with Gasteiger partial charge < -0.3 is 16.2 Å². The molecule has 0 aromatic heterocycles. The maximum absolute atomic E-state index is 11.1. The normalized spacial score (nSPS) is 12.0. The highest BCUT2D eigenvalue weighted by Crippen LogP contribution is 2.15. The Kier molecular flexibility index (Phi) is 3.82. The van der Waals surface area contributed by atoms with E-state index in [1.165, 1.54) is 0 Å². The largest absolute Gasteiger partial charge is 0.368 e. The van der Waals surface area contributed by atoms with Crippen molar-refractivity contribution in [1.82, 2.24) is 0 Å². The number of nitrogens with two attached hydrogens (primary N) is 2. The first kappa shape index (κ1) is 11.2. The number of benzene rings is 1. The van der Waals surface area contributed by atoms with Crippen LogP contribution in [0.1, 0.15) is 11.7 Å². The number of rotatable bonds is 5. The fourth-order valence-corrected chi connectivity index (χ4v) is 1.14. The van der Waals surface area contributed by atoms with Crippen LogP contribution in [-0.4, -0.2) is 18.4 Å². The number of ether oxygens (including phenoxy) is 1. The summed E-state index contributed by atoms with van der Waals surface area (Å²) in [5, 5.41) is 0. The minimum atomic E-state index is -0.932. The summed E-state index contributed by atoms with van der Waals surface area (Å²) in [6.45, 7) is -0.331. The van der Waals surface area contributed by atoms with Gasteiger partial charge in [0.1, 0.15) is 6.61 Å². The molecule has 0 radical (unpaired) electrons. The first-order valence-corrected chi connectivity index (χ1v) is 4.35. The summed E-state index contributed by atoms with van der Waals surface area (Å²) in [5.41, 5.74) is 10.6. The second kappa shape index (κ2) is 5.11. The zero-order valence-electron chi connectivity index (χ0n) is 8.05. The summed E-state index contributed by atoms with van der Waals surface area (Å²) in [6, 6.07) is 8.68. The molecule has 0 aliphatic carbocycles. The number of amides is 2. The lowest BCUT2D eigenvalue weighted by atomic mass is 10.1. The zero-order valence-corrected chi connectivity index (χ0v) is 8.05. The quantitative estimate of drug-likeness (QED) is 0.696. The minimum absolute atomic E-state index is 0.331. The molecule has 0 spiro atoms. The van der Waals surface area contributed by atoms with Gasteiger partial charge in [0, 0.05) is 0 Å². The van der Waals surface area contributed by atoms with Gasteiger partial charge in [-0.25, -0.2) is 0 Å². The van der Waals surface area contributed by atoms with E-state index >= 15 is 0 Å². The van der Waals surface area contributed by atoms with Gasteiger partial charge in [-0.3, -0.25) is 9.59 Å². The van der Waals surface area contributed by atoms with Gasteiger partial charge >= 0.3 is 0 Å². The highest BCUT2D eigenvalue weighted by molar-refractivity contribution is 5.81. The Morgan fingerprint density at radius 2 is 1.80 bits per heavy atom. The monoisotopic (exact) mass is 208 g/mol. The van der Waals surface area contributed by atoms with Crippen LogP contribution in [0.2, 0.25) is 0 Å². The van der Waals surface area contributed by atoms with Crippen LogP contribution in [0, 0.1) is 0 Å². The fraction of sp³-hybridized carbons (Fsp3) is 0.200. The Morgan fingerprint density at radius 3 is 2.27 bits per heavy atom. The van der Waals surface area contributed by atoms with Crippen LogP contribution in [0.5, 0.6) is 0 Å². The highest BCUT2D eigenvalue weighted by Gasteiger charge is 2.18. The van der Waals surface area contributed by atoms with Crippen molar-refractivity contribution in [1.29, 1.82) is 0 Å². The van der Waals surface area contributed by atoms with Crippen molar-refractivity contribution in [3.05, 3.63) is 35.9 Å². The van der Waals surface area contributed by atoms with E-state index in [-0.39, 0.29) is 6.61 Å². The van der Waals surface area contributed by atoms with Gasteiger partial charge in [0.2, 0.25) is 5.91 Å². The molecule has 0 aliphatic heterocycles. The molecule has 0 heterocycles. The lowest BCUT2D eigenvalue weighted by molar-refractivity contribution is -0.134. The lowest BCUT2D eigenvalue weighted by Gasteiger charge is -2.13. The van der Waals surface area contributed by atoms with Gasteiger partial charge in [0.15, 0.2) is 6.10 Å². The second-order valence-electron chi connectivity index (χ2n) is 2.97. The van der Waals surface area contributed by atoms with E-state index in [1.54, 1.807) is 30.3 Å². The average molecular weight is 208 g/mol. The lowest BCUT2D eigenvalue weighted by Crippen LogP contribution is -2.28. The van der Waals surface area contributed by atoms with E-state index < -0.39 is 17.9 Å². The van der Waals surface area contributed by atoms with E-state index in [0.29, 0.717) is 5.56 Å². The molecule has 0 bridgehead atoms. The summed E-state index contributed by atoms with van der Waals surface area (Å²) in [5.74, 6) is -1.29. The standard InChI is InChI=1S/C10H12N2O3/c11-8(13)6-15-9(10(12)14)7-4-2-1-3-5-7/h1-5,9H,6H2,(H2,11,13)(H2,12,14)/t9-/m1/s1. The molecule has 0 fully saturated rings. The molecule has 1 aromatic carbocycles. The average Bonchev–Trinajstić information content (AvgIpc) is 2.18. The smallest absolute Gasteiger partial charge is 0.251 e. The number of primary amides is 2. The van der Waals surface area contributed by atoms with Crippen molar-refractivity contribution in [2.75, 3.05) is 6.61 Å². The SMILES string of the molecule is NC(=O)CO[C@@H](C(N)=O)c1ccccc1. The molecular formula is C10H12N2O3. The second-order valence-corrected chi connectivity index (χ2v) is 2.97. The number of hydrogen-bond donors (Lipinski definition) is 2. The van der Waals surface area contributed by atoms with Crippen molar-refractivity contribution in [2.24, 2.45) is 11.5 Å². The van der Waals surface area contributed by atoms with Crippen LogP contribution in [0.4, 0.5) is 0 Å². The third kappa shape index (κ3) is 3.40. The fourth-order valence-electron chi connectivity index (χ4n) is 1.14. The van der Waals surface area contributed by atoms with E-state index in [1.807, 2.05) is 0 Å². The molecule has 80 valence electrons. The van der Waals surface area contributed by atoms with Gasteiger partial charge in [0.05, 0.1) is 0 Å². The van der Waals surface area contributed by atoms with Crippen LogP contribution >= 0.6 is 0 Å². The molecule has 2 amide bonds. The zero-order chi connectivity index (χ0) is 11.3. The summed E-state index contributed by atoms with van der Waals surface area (Å²) < 4.78 is 5.00. The maximum atomic E-state index is 11.1. The summed E-state index contributed by atoms with van der Waals surface area (Å²) in [4.78, 5) is 21.6. The van der Waals surface area contributed by atoms with Gasteiger partial charge in [0.25, 0.3) is 5.91 Å². The molecule has 1 rings (SSSR count). The van der Waals surface area contributed by atoms with Crippen molar-refractivity contribution >= 4 is 11.8 Å². The molecule has 15 heavy (non-hydrogen) atoms. The summed E-state index contributed by atoms with van der Waals surface area (Å²) in [7, 11) is 0. The Morgan fingerprint density at radius 1 is 1.20 bits per heavy atom. The first-order valence-electron chi connectivity index (χ1n) is 4.35. The number of carbonyl (C=O) groups is 2. The molecular weight excluding hydrogens is 196 g/mol. The van der Waals surface area contributed by atoms with Crippen molar-refractivity contribution < 1.29 is 14.3 Å².